The third kappa shape index (κ3) is 3.24. The van der Waals surface area contributed by atoms with Crippen molar-refractivity contribution in [2.24, 2.45) is 0 Å². The first-order valence-corrected chi connectivity index (χ1v) is 10.1. The molecule has 1 saturated heterocycles. The van der Waals surface area contributed by atoms with Gasteiger partial charge in [-0.2, -0.15) is 0 Å². The molecule has 2 aromatic carbocycles. The van der Waals surface area contributed by atoms with Gasteiger partial charge in [0.1, 0.15) is 0 Å². The molecule has 0 bridgehead atoms. The van der Waals surface area contributed by atoms with Gasteiger partial charge in [-0.3, -0.25) is 19.3 Å². The molecular weight excluding hydrogens is 398 g/mol. The van der Waals surface area contributed by atoms with Gasteiger partial charge >= 0.3 is 5.97 Å². The highest BCUT2D eigenvalue weighted by atomic mass is 16.5. The van der Waals surface area contributed by atoms with Crippen LogP contribution in [0, 0.1) is 0 Å². The van der Waals surface area contributed by atoms with Gasteiger partial charge in [-0.1, -0.05) is 12.1 Å². The van der Waals surface area contributed by atoms with Crippen molar-refractivity contribution >= 4 is 35.1 Å². The number of nitrogens with zero attached hydrogens (tertiary/aromatic N) is 2. The summed E-state index contributed by atoms with van der Waals surface area (Å²) in [6.45, 7) is 3.53. The van der Waals surface area contributed by atoms with E-state index >= 15 is 0 Å². The molecule has 0 saturated carbocycles. The first-order valence-electron chi connectivity index (χ1n) is 10.1. The number of rotatable bonds is 4. The zero-order valence-electron chi connectivity index (χ0n) is 17.5. The third-order valence-corrected chi connectivity index (χ3v) is 5.63. The van der Waals surface area contributed by atoms with Crippen LogP contribution in [-0.4, -0.2) is 47.4 Å². The number of nitrogens with one attached hydrogen (secondary N) is 1. The number of para-hydroxylation sites is 1. The van der Waals surface area contributed by atoms with Crippen molar-refractivity contribution in [3.05, 3.63) is 59.7 Å². The van der Waals surface area contributed by atoms with Crippen LogP contribution in [-0.2, 0) is 14.3 Å². The lowest BCUT2D eigenvalue weighted by atomic mass is 9.96. The Morgan fingerprint density at radius 2 is 1.74 bits per heavy atom. The van der Waals surface area contributed by atoms with E-state index in [-0.39, 0.29) is 30.8 Å². The Hall–Kier alpha value is -3.68. The number of anilines is 2. The molecule has 0 aromatic heterocycles. The summed E-state index contributed by atoms with van der Waals surface area (Å²) in [6, 6.07) is 13.1. The van der Waals surface area contributed by atoms with Crippen LogP contribution in [0.1, 0.15) is 47.4 Å². The Labute approximate surface area is 179 Å². The fourth-order valence-electron chi connectivity index (χ4n) is 4.13. The van der Waals surface area contributed by atoms with E-state index < -0.39 is 17.5 Å². The predicted octanol–water partition coefficient (Wildman–Crippen LogP) is 2.80. The zero-order valence-corrected chi connectivity index (χ0v) is 17.5. The molecular formula is C23H23N3O5. The van der Waals surface area contributed by atoms with E-state index in [4.69, 9.17) is 4.74 Å². The highest BCUT2D eigenvalue weighted by Gasteiger charge is 2.59. The molecule has 0 unspecified atom stereocenters. The van der Waals surface area contributed by atoms with Gasteiger partial charge in [0.15, 0.2) is 0 Å². The molecule has 2 aromatic rings. The SMILES string of the molecule is CC(C)OC(=O)c1ccc(NC(=O)[C@@]23CCC(=O)N2c2ccccc2C(=O)N3C)cc1. The van der Waals surface area contributed by atoms with Gasteiger partial charge < -0.3 is 15.0 Å². The maximum absolute atomic E-state index is 13.5. The van der Waals surface area contributed by atoms with Crippen LogP contribution >= 0.6 is 0 Å². The Bertz CT molecular complexity index is 1080. The zero-order chi connectivity index (χ0) is 22.3. The average Bonchev–Trinajstić information content (AvgIpc) is 3.10. The highest BCUT2D eigenvalue weighted by molar-refractivity contribution is 6.18. The number of esters is 1. The molecule has 1 N–H and O–H groups in total. The molecule has 2 aliphatic heterocycles. The average molecular weight is 421 g/mol. The molecule has 31 heavy (non-hydrogen) atoms. The summed E-state index contributed by atoms with van der Waals surface area (Å²) >= 11 is 0. The standard InChI is InChI=1S/C23H23N3O5/c1-14(2)31-21(29)15-8-10-16(11-9-15)24-22(30)23-13-12-19(27)26(23)18-7-5-4-6-17(18)20(28)25(23)3/h4-11,14H,12-13H2,1-3H3,(H,24,30)/t23-/m1/s1. The summed E-state index contributed by atoms with van der Waals surface area (Å²) in [4.78, 5) is 54.0. The lowest BCUT2D eigenvalue weighted by Gasteiger charge is -2.47. The third-order valence-electron chi connectivity index (χ3n) is 5.63. The van der Waals surface area contributed by atoms with E-state index in [0.717, 1.165) is 0 Å². The molecule has 4 rings (SSSR count). The number of hydrogen-bond donors (Lipinski definition) is 1. The lowest BCUT2D eigenvalue weighted by Crippen LogP contribution is -2.68. The van der Waals surface area contributed by atoms with Crippen LogP contribution < -0.4 is 10.2 Å². The minimum Gasteiger partial charge on any atom is -0.459 e. The fourth-order valence-corrected chi connectivity index (χ4v) is 4.13. The summed E-state index contributed by atoms with van der Waals surface area (Å²) in [5.41, 5.74) is 0.185. The van der Waals surface area contributed by atoms with Crippen molar-refractivity contribution in [1.82, 2.24) is 4.90 Å². The first-order chi connectivity index (χ1) is 14.8. The monoisotopic (exact) mass is 421 g/mol. The quantitative estimate of drug-likeness (QED) is 0.766. The fraction of sp³-hybridized carbons (Fsp3) is 0.304. The summed E-state index contributed by atoms with van der Waals surface area (Å²) in [5, 5.41) is 2.80. The van der Waals surface area contributed by atoms with Gasteiger partial charge in [-0.05, 0) is 50.2 Å². The van der Waals surface area contributed by atoms with Crippen molar-refractivity contribution in [2.75, 3.05) is 17.3 Å². The van der Waals surface area contributed by atoms with Crippen LogP contribution in [0.4, 0.5) is 11.4 Å². The second-order valence-electron chi connectivity index (χ2n) is 7.91. The van der Waals surface area contributed by atoms with Crippen molar-refractivity contribution in [2.45, 2.75) is 38.5 Å². The van der Waals surface area contributed by atoms with E-state index in [1.54, 1.807) is 62.4 Å². The van der Waals surface area contributed by atoms with Gasteiger partial charge in [0, 0.05) is 25.6 Å². The van der Waals surface area contributed by atoms with Crippen LogP contribution in [0.3, 0.4) is 0 Å². The maximum Gasteiger partial charge on any atom is 0.338 e. The van der Waals surface area contributed by atoms with Gasteiger partial charge in [0.25, 0.3) is 11.8 Å². The van der Waals surface area contributed by atoms with Gasteiger partial charge in [0.05, 0.1) is 22.9 Å². The molecule has 0 radical (unpaired) electrons. The Morgan fingerprint density at radius 3 is 2.42 bits per heavy atom. The Morgan fingerprint density at radius 1 is 1.06 bits per heavy atom. The lowest BCUT2D eigenvalue weighted by molar-refractivity contribution is -0.128. The second-order valence-corrected chi connectivity index (χ2v) is 7.91. The van der Waals surface area contributed by atoms with Crippen LogP contribution in [0.2, 0.25) is 0 Å². The Kier molecular flexibility index (Phi) is 5.00. The molecule has 1 fully saturated rings. The van der Waals surface area contributed by atoms with E-state index in [9.17, 15) is 19.2 Å². The van der Waals surface area contributed by atoms with Crippen LogP contribution in [0.5, 0.6) is 0 Å². The number of benzene rings is 2. The molecule has 160 valence electrons. The minimum atomic E-state index is -1.45. The second kappa shape index (κ2) is 7.54. The van der Waals surface area contributed by atoms with Gasteiger partial charge in [-0.25, -0.2) is 4.79 Å². The highest BCUT2D eigenvalue weighted by Crippen LogP contribution is 2.44. The molecule has 2 heterocycles. The molecule has 1 atom stereocenters. The van der Waals surface area contributed by atoms with Crippen molar-refractivity contribution < 1.29 is 23.9 Å². The van der Waals surface area contributed by atoms with Crippen LogP contribution in [0.15, 0.2) is 48.5 Å². The smallest absolute Gasteiger partial charge is 0.338 e. The summed E-state index contributed by atoms with van der Waals surface area (Å²) in [6.07, 6.45) is 0.103. The topological polar surface area (TPSA) is 96.0 Å². The predicted molar refractivity (Wildman–Crippen MR) is 114 cm³/mol. The molecule has 0 spiro atoms. The largest absolute Gasteiger partial charge is 0.459 e. The summed E-state index contributed by atoms with van der Waals surface area (Å²) in [7, 11) is 1.54. The van der Waals surface area contributed by atoms with E-state index in [0.29, 0.717) is 22.5 Å². The van der Waals surface area contributed by atoms with Crippen molar-refractivity contribution in [3.63, 3.8) is 0 Å². The maximum atomic E-state index is 13.5. The molecule has 3 amide bonds. The number of likely N-dealkylation sites (N-methyl/N-ethyl adjacent to an activating group) is 1. The van der Waals surface area contributed by atoms with E-state index in [1.165, 1.54) is 16.8 Å². The Balaban J connectivity index is 1.64. The summed E-state index contributed by atoms with van der Waals surface area (Å²) in [5.74, 6) is -1.47. The minimum absolute atomic E-state index is 0.152. The normalized spacial score (nSPS) is 19.9. The van der Waals surface area contributed by atoms with Gasteiger partial charge in [0.2, 0.25) is 11.6 Å². The number of carbonyl (C=O) groups is 4. The number of carbonyl (C=O) groups excluding carboxylic acids is 4. The molecule has 0 aliphatic carbocycles. The molecule has 2 aliphatic rings. The number of hydrogen-bond acceptors (Lipinski definition) is 5. The summed E-state index contributed by atoms with van der Waals surface area (Å²) < 4.78 is 5.16. The van der Waals surface area contributed by atoms with Crippen molar-refractivity contribution in [1.29, 1.82) is 0 Å². The molecule has 8 heteroatoms. The number of ether oxygens (including phenoxy) is 1. The van der Waals surface area contributed by atoms with Crippen LogP contribution in [0.25, 0.3) is 0 Å². The van der Waals surface area contributed by atoms with Crippen molar-refractivity contribution in [3.8, 4) is 0 Å². The number of fused-ring (bicyclic) bond motifs is 3. The van der Waals surface area contributed by atoms with Gasteiger partial charge in [-0.15, -0.1) is 0 Å². The van der Waals surface area contributed by atoms with E-state index in [1.807, 2.05) is 0 Å². The van der Waals surface area contributed by atoms with E-state index in [2.05, 4.69) is 5.32 Å². The first kappa shape index (κ1) is 20.6. The molecule has 8 nitrogen and oxygen atoms in total. The number of amides is 3.